The number of anilines is 1. The molecule has 0 bridgehead atoms. The van der Waals surface area contributed by atoms with Gasteiger partial charge in [-0.2, -0.15) is 5.10 Å². The number of hydrogen-bond donors (Lipinski definition) is 2. The predicted octanol–water partition coefficient (Wildman–Crippen LogP) is 1.57. The van der Waals surface area contributed by atoms with Gasteiger partial charge in [-0.1, -0.05) is 6.92 Å². The Morgan fingerprint density at radius 2 is 2.10 bits per heavy atom. The fourth-order valence-electron chi connectivity index (χ4n) is 2.86. The molecule has 1 fully saturated rings. The lowest BCUT2D eigenvalue weighted by Gasteiger charge is -2.31. The molecule has 2 heterocycles. The van der Waals surface area contributed by atoms with E-state index in [1.807, 2.05) is 0 Å². The lowest BCUT2D eigenvalue weighted by atomic mass is 9.97. The number of aryl methyl sites for hydroxylation is 2. The normalized spacial score (nSPS) is 17.4. The maximum Gasteiger partial charge on any atom is 0.341 e. The summed E-state index contributed by atoms with van der Waals surface area (Å²) in [6.45, 7) is 8.13. The summed E-state index contributed by atoms with van der Waals surface area (Å²) in [4.78, 5) is 13.7. The zero-order valence-corrected chi connectivity index (χ0v) is 12.5. The third-order valence-electron chi connectivity index (χ3n) is 4.15. The number of aromatic carboxylic acids is 1. The van der Waals surface area contributed by atoms with Crippen molar-refractivity contribution in [3.63, 3.8) is 0 Å². The van der Waals surface area contributed by atoms with E-state index in [1.165, 1.54) is 12.8 Å². The number of aromatic nitrogens is 2. The highest BCUT2D eigenvalue weighted by atomic mass is 16.4. The van der Waals surface area contributed by atoms with E-state index < -0.39 is 5.97 Å². The van der Waals surface area contributed by atoms with Gasteiger partial charge >= 0.3 is 5.97 Å². The molecule has 0 unspecified atom stereocenters. The highest BCUT2D eigenvalue weighted by Gasteiger charge is 2.22. The van der Waals surface area contributed by atoms with Crippen LogP contribution in [0.2, 0.25) is 0 Å². The van der Waals surface area contributed by atoms with Crippen molar-refractivity contribution in [3.05, 3.63) is 11.3 Å². The molecule has 1 aliphatic heterocycles. The Labute approximate surface area is 119 Å². The molecule has 1 aromatic heterocycles. The van der Waals surface area contributed by atoms with E-state index in [-0.39, 0.29) is 0 Å². The van der Waals surface area contributed by atoms with Gasteiger partial charge in [0.1, 0.15) is 11.4 Å². The zero-order valence-electron chi connectivity index (χ0n) is 12.5. The van der Waals surface area contributed by atoms with Crippen molar-refractivity contribution in [1.29, 1.82) is 0 Å². The molecule has 20 heavy (non-hydrogen) atoms. The molecule has 1 aromatic rings. The first-order valence-corrected chi connectivity index (χ1v) is 7.26. The number of rotatable bonds is 5. The van der Waals surface area contributed by atoms with E-state index in [0.717, 1.165) is 26.2 Å². The third-order valence-corrected chi connectivity index (χ3v) is 4.15. The summed E-state index contributed by atoms with van der Waals surface area (Å²) in [5.74, 6) is 0.307. The monoisotopic (exact) mass is 280 g/mol. The molecule has 0 aromatic carbocycles. The second-order valence-electron chi connectivity index (χ2n) is 5.50. The van der Waals surface area contributed by atoms with Crippen LogP contribution in [0.4, 0.5) is 5.82 Å². The number of likely N-dealkylation sites (tertiary alicyclic amines) is 1. The van der Waals surface area contributed by atoms with E-state index in [1.54, 1.807) is 18.7 Å². The number of piperidine rings is 1. The van der Waals surface area contributed by atoms with Crippen molar-refractivity contribution in [1.82, 2.24) is 14.7 Å². The van der Waals surface area contributed by atoms with Gasteiger partial charge in [0, 0.05) is 13.6 Å². The molecule has 0 spiro atoms. The zero-order chi connectivity index (χ0) is 14.7. The molecule has 6 heteroatoms. The third kappa shape index (κ3) is 3.12. The van der Waals surface area contributed by atoms with Crippen LogP contribution < -0.4 is 5.32 Å². The molecule has 2 rings (SSSR count). The van der Waals surface area contributed by atoms with Gasteiger partial charge in [0.25, 0.3) is 0 Å². The lowest BCUT2D eigenvalue weighted by molar-refractivity contribution is 0.0697. The fourth-order valence-corrected chi connectivity index (χ4v) is 2.86. The Morgan fingerprint density at radius 3 is 2.65 bits per heavy atom. The molecule has 1 saturated heterocycles. The highest BCUT2D eigenvalue weighted by molar-refractivity contribution is 5.94. The van der Waals surface area contributed by atoms with Gasteiger partial charge < -0.3 is 15.3 Å². The van der Waals surface area contributed by atoms with Gasteiger partial charge in [0.2, 0.25) is 0 Å². The van der Waals surface area contributed by atoms with Crippen molar-refractivity contribution < 1.29 is 9.90 Å². The van der Waals surface area contributed by atoms with Gasteiger partial charge in [-0.05, 0) is 45.3 Å². The number of carboxylic acids is 1. The smallest absolute Gasteiger partial charge is 0.341 e. The molecule has 0 amide bonds. The van der Waals surface area contributed by atoms with Gasteiger partial charge in [0.05, 0.1) is 5.69 Å². The quantitative estimate of drug-likeness (QED) is 0.856. The summed E-state index contributed by atoms with van der Waals surface area (Å²) in [5, 5.41) is 16.7. The molecule has 0 radical (unpaired) electrons. The maximum atomic E-state index is 11.3. The van der Waals surface area contributed by atoms with Gasteiger partial charge in [-0.15, -0.1) is 0 Å². The maximum absolute atomic E-state index is 11.3. The van der Waals surface area contributed by atoms with Crippen LogP contribution in [0.3, 0.4) is 0 Å². The van der Waals surface area contributed by atoms with E-state index >= 15 is 0 Å². The Hall–Kier alpha value is -1.56. The van der Waals surface area contributed by atoms with Crippen LogP contribution in [0.5, 0.6) is 0 Å². The first-order chi connectivity index (χ1) is 9.52. The standard InChI is InChI=1S/C14H24N4O2/c1-4-18-7-5-11(6-8-18)9-15-13-12(14(19)20)10(2)16-17(13)3/h11,15H,4-9H2,1-3H3,(H,19,20). The minimum Gasteiger partial charge on any atom is -0.477 e. The van der Waals surface area contributed by atoms with Crippen LogP contribution in [0.1, 0.15) is 35.8 Å². The summed E-state index contributed by atoms with van der Waals surface area (Å²) in [6, 6.07) is 0. The van der Waals surface area contributed by atoms with Crippen LogP contribution in [0, 0.1) is 12.8 Å². The largest absolute Gasteiger partial charge is 0.477 e. The van der Waals surface area contributed by atoms with Crippen LogP contribution in [0.15, 0.2) is 0 Å². The number of hydrogen-bond acceptors (Lipinski definition) is 4. The Morgan fingerprint density at radius 1 is 1.45 bits per heavy atom. The summed E-state index contributed by atoms with van der Waals surface area (Å²) in [6.07, 6.45) is 2.33. The molecule has 0 saturated carbocycles. The summed E-state index contributed by atoms with van der Waals surface area (Å²) in [5.41, 5.74) is 0.849. The summed E-state index contributed by atoms with van der Waals surface area (Å²) in [7, 11) is 1.78. The summed E-state index contributed by atoms with van der Waals surface area (Å²) < 4.78 is 1.62. The molecule has 0 atom stereocenters. The average Bonchev–Trinajstić information content (AvgIpc) is 2.71. The van der Waals surface area contributed by atoms with Crippen LogP contribution in [-0.2, 0) is 7.05 Å². The van der Waals surface area contributed by atoms with Crippen LogP contribution >= 0.6 is 0 Å². The van der Waals surface area contributed by atoms with Crippen molar-refractivity contribution in [2.75, 3.05) is 31.5 Å². The first-order valence-electron chi connectivity index (χ1n) is 7.26. The lowest BCUT2D eigenvalue weighted by Crippen LogP contribution is -2.35. The van der Waals surface area contributed by atoms with E-state index in [0.29, 0.717) is 23.0 Å². The molecule has 2 N–H and O–H groups in total. The predicted molar refractivity (Wildman–Crippen MR) is 78.2 cm³/mol. The average molecular weight is 280 g/mol. The minimum atomic E-state index is -0.918. The molecular weight excluding hydrogens is 256 g/mol. The van der Waals surface area contributed by atoms with Crippen molar-refractivity contribution in [2.24, 2.45) is 13.0 Å². The molecule has 6 nitrogen and oxygen atoms in total. The molecular formula is C14H24N4O2. The second-order valence-corrected chi connectivity index (χ2v) is 5.50. The Balaban J connectivity index is 1.96. The van der Waals surface area contributed by atoms with Crippen molar-refractivity contribution >= 4 is 11.8 Å². The minimum absolute atomic E-state index is 0.290. The van der Waals surface area contributed by atoms with E-state index in [4.69, 9.17) is 0 Å². The fraction of sp³-hybridized carbons (Fsp3) is 0.714. The Kier molecular flexibility index (Phi) is 4.65. The van der Waals surface area contributed by atoms with Crippen LogP contribution in [-0.4, -0.2) is 51.9 Å². The SMILES string of the molecule is CCN1CCC(CNc2c(C(=O)O)c(C)nn2C)CC1. The van der Waals surface area contributed by atoms with Crippen molar-refractivity contribution in [2.45, 2.75) is 26.7 Å². The number of carboxylic acid groups (broad SMARTS) is 1. The number of carbonyl (C=O) groups is 1. The number of nitrogens with one attached hydrogen (secondary N) is 1. The van der Waals surface area contributed by atoms with Gasteiger partial charge in [0.15, 0.2) is 0 Å². The Bertz CT molecular complexity index is 476. The molecule has 0 aliphatic carbocycles. The van der Waals surface area contributed by atoms with E-state index in [9.17, 15) is 9.90 Å². The summed E-state index contributed by atoms with van der Waals surface area (Å²) >= 11 is 0. The van der Waals surface area contributed by atoms with Gasteiger partial charge in [-0.3, -0.25) is 4.68 Å². The number of nitrogens with zero attached hydrogens (tertiary/aromatic N) is 3. The van der Waals surface area contributed by atoms with Crippen LogP contribution in [0.25, 0.3) is 0 Å². The van der Waals surface area contributed by atoms with Gasteiger partial charge in [-0.25, -0.2) is 4.79 Å². The molecule has 112 valence electrons. The topological polar surface area (TPSA) is 70.4 Å². The van der Waals surface area contributed by atoms with E-state index in [2.05, 4.69) is 22.2 Å². The second kappa shape index (κ2) is 6.26. The molecule has 1 aliphatic rings. The van der Waals surface area contributed by atoms with Crippen molar-refractivity contribution in [3.8, 4) is 0 Å². The highest BCUT2D eigenvalue weighted by Crippen LogP contribution is 2.21. The first kappa shape index (κ1) is 14.8.